The highest BCUT2D eigenvalue weighted by molar-refractivity contribution is 8.26. The van der Waals surface area contributed by atoms with Gasteiger partial charge in [0.05, 0.1) is 25.4 Å². The van der Waals surface area contributed by atoms with Gasteiger partial charge in [-0.05, 0) is 42.6 Å². The summed E-state index contributed by atoms with van der Waals surface area (Å²) in [4.78, 5) is 35.5. The van der Waals surface area contributed by atoms with Crippen LogP contribution in [0.4, 0.5) is 16.2 Å². The Balaban J connectivity index is 1.74. The van der Waals surface area contributed by atoms with Gasteiger partial charge in [0.15, 0.2) is 4.32 Å². The molecular formula is C17H10Cl2N4O4S2. The summed E-state index contributed by atoms with van der Waals surface area (Å²) in [6.45, 7) is 0. The molecule has 0 saturated carbocycles. The average Bonchev–Trinajstić information content (AvgIpc) is 2.92. The fourth-order valence-corrected chi connectivity index (χ4v) is 3.78. The van der Waals surface area contributed by atoms with E-state index in [1.807, 2.05) is 0 Å². The predicted molar refractivity (Wildman–Crippen MR) is 117 cm³/mol. The highest BCUT2D eigenvalue weighted by Gasteiger charge is 2.34. The summed E-state index contributed by atoms with van der Waals surface area (Å²) in [5.74, 6) is -0.609. The number of hydrazine groups is 1. The molecule has 0 spiro atoms. The summed E-state index contributed by atoms with van der Waals surface area (Å²) < 4.78 is 0.0733. The van der Waals surface area contributed by atoms with Crippen LogP contribution in [0.25, 0.3) is 6.08 Å². The minimum atomic E-state index is -0.730. The van der Waals surface area contributed by atoms with E-state index in [-0.39, 0.29) is 25.5 Å². The minimum Gasteiger partial charge on any atom is -0.307 e. The molecule has 2 aromatic rings. The SMILES string of the molecule is O=C(Nc1ccc(Cl)c(Cl)c1)NN1C(=O)/C(=C\c2ccccc2[N+](=O)[O-])SC1=S. The molecule has 0 aliphatic carbocycles. The van der Waals surface area contributed by atoms with E-state index in [1.54, 1.807) is 6.07 Å². The van der Waals surface area contributed by atoms with Crippen molar-refractivity contribution < 1.29 is 14.5 Å². The van der Waals surface area contributed by atoms with Crippen molar-refractivity contribution in [2.24, 2.45) is 0 Å². The smallest absolute Gasteiger partial charge is 0.307 e. The summed E-state index contributed by atoms with van der Waals surface area (Å²) in [6, 6.07) is 9.73. The largest absolute Gasteiger partial charge is 0.338 e. The third-order valence-electron chi connectivity index (χ3n) is 3.60. The highest BCUT2D eigenvalue weighted by Crippen LogP contribution is 2.33. The van der Waals surface area contributed by atoms with Gasteiger partial charge in [0.2, 0.25) is 0 Å². The summed E-state index contributed by atoms with van der Waals surface area (Å²) in [5, 5.41) is 15.1. The summed E-state index contributed by atoms with van der Waals surface area (Å²) in [7, 11) is 0. The zero-order chi connectivity index (χ0) is 21.1. The highest BCUT2D eigenvalue weighted by atomic mass is 35.5. The minimum absolute atomic E-state index is 0.0733. The van der Waals surface area contributed by atoms with Gasteiger partial charge in [-0.15, -0.1) is 0 Å². The number of rotatable bonds is 4. The van der Waals surface area contributed by atoms with Crippen molar-refractivity contribution in [1.29, 1.82) is 0 Å². The number of thioether (sulfide) groups is 1. The van der Waals surface area contributed by atoms with Crippen molar-refractivity contribution in [3.8, 4) is 0 Å². The normalized spacial score (nSPS) is 15.0. The van der Waals surface area contributed by atoms with Gasteiger partial charge in [-0.1, -0.05) is 47.1 Å². The number of nitro benzene ring substituents is 1. The van der Waals surface area contributed by atoms with Gasteiger partial charge in [-0.3, -0.25) is 14.9 Å². The second-order valence-electron chi connectivity index (χ2n) is 5.53. The Bertz CT molecular complexity index is 1080. The van der Waals surface area contributed by atoms with Crippen LogP contribution >= 0.6 is 47.2 Å². The first-order valence-electron chi connectivity index (χ1n) is 7.80. The number of nitrogens with zero attached hydrogens (tertiary/aromatic N) is 2. The molecule has 1 aliphatic heterocycles. The number of hydrogen-bond donors (Lipinski definition) is 2. The lowest BCUT2D eigenvalue weighted by molar-refractivity contribution is -0.385. The summed E-state index contributed by atoms with van der Waals surface area (Å²) in [5.41, 5.74) is 2.79. The quantitative estimate of drug-likeness (QED) is 0.288. The van der Waals surface area contributed by atoms with Gasteiger partial charge in [0.25, 0.3) is 11.6 Å². The first-order chi connectivity index (χ1) is 13.8. The standard InChI is InChI=1S/C17H10Cl2N4O4S2/c18-11-6-5-10(8-12(11)19)20-16(25)21-22-15(24)14(29-17(22)28)7-9-3-1-2-4-13(9)23(26)27/h1-8H,(H2,20,21,25)/b14-7+. The molecule has 3 amide bonds. The molecule has 1 aliphatic rings. The number of para-hydroxylation sites is 1. The summed E-state index contributed by atoms with van der Waals surface area (Å²) in [6.07, 6.45) is 1.36. The Kier molecular flexibility index (Phi) is 6.38. The van der Waals surface area contributed by atoms with Gasteiger partial charge in [-0.25, -0.2) is 10.2 Å². The number of urea groups is 1. The Labute approximate surface area is 184 Å². The van der Waals surface area contributed by atoms with Gasteiger partial charge in [0, 0.05) is 11.8 Å². The average molecular weight is 469 g/mol. The second-order valence-corrected chi connectivity index (χ2v) is 8.02. The third-order valence-corrected chi connectivity index (χ3v) is 5.65. The topological polar surface area (TPSA) is 105 Å². The van der Waals surface area contributed by atoms with Crippen LogP contribution in [0.5, 0.6) is 0 Å². The summed E-state index contributed by atoms with van der Waals surface area (Å²) >= 11 is 17.8. The van der Waals surface area contributed by atoms with Gasteiger partial charge in [-0.2, -0.15) is 5.01 Å². The maximum atomic E-state index is 12.6. The fraction of sp³-hybridized carbons (Fsp3) is 0. The molecule has 0 atom stereocenters. The molecular weight excluding hydrogens is 459 g/mol. The van der Waals surface area contributed by atoms with Crippen molar-refractivity contribution in [3.63, 3.8) is 0 Å². The molecule has 0 unspecified atom stereocenters. The van der Waals surface area contributed by atoms with E-state index in [9.17, 15) is 19.7 Å². The molecule has 3 rings (SSSR count). The van der Waals surface area contributed by atoms with Crippen molar-refractivity contribution in [2.45, 2.75) is 0 Å². The number of benzene rings is 2. The number of hydrogen-bond acceptors (Lipinski definition) is 6. The monoisotopic (exact) mass is 468 g/mol. The molecule has 8 nitrogen and oxygen atoms in total. The van der Waals surface area contributed by atoms with Crippen LogP contribution in [-0.4, -0.2) is 26.2 Å². The Morgan fingerprint density at radius 3 is 2.62 bits per heavy atom. The number of thiocarbonyl (C=S) groups is 1. The van der Waals surface area contributed by atoms with Crippen LogP contribution in [0.1, 0.15) is 5.56 Å². The zero-order valence-corrected chi connectivity index (χ0v) is 17.4. The number of carbonyl (C=O) groups excluding carboxylic acids is 2. The van der Waals surface area contributed by atoms with Crippen LogP contribution < -0.4 is 10.7 Å². The van der Waals surface area contributed by atoms with E-state index in [1.165, 1.54) is 42.5 Å². The van der Waals surface area contributed by atoms with Crippen LogP contribution in [0.15, 0.2) is 47.4 Å². The lowest BCUT2D eigenvalue weighted by Gasteiger charge is -2.16. The number of carbonyl (C=O) groups is 2. The number of nitrogens with one attached hydrogen (secondary N) is 2. The van der Waals surface area contributed by atoms with Gasteiger partial charge >= 0.3 is 6.03 Å². The Hall–Kier alpha value is -2.66. The number of anilines is 1. The van der Waals surface area contributed by atoms with Crippen LogP contribution in [0.3, 0.4) is 0 Å². The van der Waals surface area contributed by atoms with Crippen molar-refractivity contribution >= 4 is 80.9 Å². The van der Waals surface area contributed by atoms with E-state index in [0.717, 1.165) is 16.8 Å². The van der Waals surface area contributed by atoms with Gasteiger partial charge < -0.3 is 5.32 Å². The first kappa shape index (κ1) is 21.1. The predicted octanol–water partition coefficient (Wildman–Crippen LogP) is 4.84. The second kappa shape index (κ2) is 8.78. The Morgan fingerprint density at radius 2 is 1.93 bits per heavy atom. The number of halogens is 2. The molecule has 1 saturated heterocycles. The molecule has 12 heteroatoms. The molecule has 2 N–H and O–H groups in total. The van der Waals surface area contributed by atoms with Crippen molar-refractivity contribution in [3.05, 3.63) is 73.1 Å². The molecule has 1 heterocycles. The molecule has 1 fully saturated rings. The van der Waals surface area contributed by atoms with E-state index in [4.69, 9.17) is 35.4 Å². The van der Waals surface area contributed by atoms with Gasteiger partial charge in [0.1, 0.15) is 0 Å². The first-order valence-corrected chi connectivity index (χ1v) is 9.78. The fourth-order valence-electron chi connectivity index (χ4n) is 2.32. The van der Waals surface area contributed by atoms with Crippen LogP contribution in [0, 0.1) is 10.1 Å². The molecule has 29 heavy (non-hydrogen) atoms. The van der Waals surface area contributed by atoms with E-state index >= 15 is 0 Å². The maximum Gasteiger partial charge on any atom is 0.338 e. The molecule has 0 radical (unpaired) electrons. The van der Waals surface area contributed by atoms with E-state index < -0.39 is 16.9 Å². The molecule has 148 valence electrons. The van der Waals surface area contributed by atoms with Crippen LogP contribution in [-0.2, 0) is 4.79 Å². The number of amides is 3. The molecule has 0 aromatic heterocycles. The molecule has 0 bridgehead atoms. The Morgan fingerprint density at radius 1 is 1.21 bits per heavy atom. The third kappa shape index (κ3) is 4.85. The van der Waals surface area contributed by atoms with E-state index in [0.29, 0.717) is 10.7 Å². The van der Waals surface area contributed by atoms with Crippen molar-refractivity contribution in [2.75, 3.05) is 5.32 Å². The lowest BCUT2D eigenvalue weighted by Crippen LogP contribution is -2.46. The van der Waals surface area contributed by atoms with E-state index in [2.05, 4.69) is 10.7 Å². The maximum absolute atomic E-state index is 12.6. The molecule has 2 aromatic carbocycles. The lowest BCUT2D eigenvalue weighted by atomic mass is 10.1. The zero-order valence-electron chi connectivity index (χ0n) is 14.2. The van der Waals surface area contributed by atoms with Crippen LogP contribution in [0.2, 0.25) is 10.0 Å². The van der Waals surface area contributed by atoms with Crippen molar-refractivity contribution in [1.82, 2.24) is 10.4 Å². The number of nitro groups is 1.